The Hall–Kier alpha value is -3.16. The number of benzene rings is 1. The van der Waals surface area contributed by atoms with Crippen molar-refractivity contribution in [1.29, 1.82) is 0 Å². The van der Waals surface area contributed by atoms with Gasteiger partial charge in [0.05, 0.1) is 13.0 Å². The largest absolute Gasteiger partial charge is 0.494 e. The van der Waals surface area contributed by atoms with Crippen LogP contribution >= 0.6 is 0 Å². The van der Waals surface area contributed by atoms with E-state index in [1.165, 1.54) is 0 Å². The number of carbonyl (C=O) groups excluding carboxylic acids is 1. The quantitative estimate of drug-likeness (QED) is 0.744. The van der Waals surface area contributed by atoms with Crippen molar-refractivity contribution in [3.05, 3.63) is 42.1 Å². The van der Waals surface area contributed by atoms with Crippen LogP contribution in [0.1, 0.15) is 12.5 Å². The molecule has 0 fully saturated rings. The van der Waals surface area contributed by atoms with Gasteiger partial charge in [0.15, 0.2) is 0 Å². The van der Waals surface area contributed by atoms with Gasteiger partial charge < -0.3 is 9.15 Å². The van der Waals surface area contributed by atoms with Crippen LogP contribution in [0.3, 0.4) is 0 Å². The predicted molar refractivity (Wildman–Crippen MR) is 86.4 cm³/mol. The molecule has 2 heterocycles. The molecule has 0 saturated carbocycles. The lowest BCUT2D eigenvalue weighted by atomic mass is 10.1. The second-order valence-electron chi connectivity index (χ2n) is 5.09. The molecule has 0 aliphatic rings. The topological polar surface area (TPSA) is 95.1 Å². The lowest BCUT2D eigenvalue weighted by Crippen LogP contribution is -2.14. The normalized spacial score (nSPS) is 10.6. The molecular formula is C16H17N5O3. The Balaban J connectivity index is 1.59. The van der Waals surface area contributed by atoms with Crippen molar-refractivity contribution < 1.29 is 13.9 Å². The molecule has 0 aliphatic carbocycles. The SMILES string of the molecule is CCOc1ccc(CC(=O)Nc2nnc(-c3ccn(C)n3)o2)cc1. The van der Waals surface area contributed by atoms with E-state index in [0.29, 0.717) is 12.3 Å². The summed E-state index contributed by atoms with van der Waals surface area (Å²) >= 11 is 0. The minimum Gasteiger partial charge on any atom is -0.494 e. The maximum atomic E-state index is 12.1. The van der Waals surface area contributed by atoms with Crippen LogP contribution in [0.5, 0.6) is 5.75 Å². The van der Waals surface area contributed by atoms with Crippen molar-refractivity contribution >= 4 is 11.9 Å². The molecule has 1 aromatic carbocycles. The van der Waals surface area contributed by atoms with Crippen molar-refractivity contribution in [3.8, 4) is 17.3 Å². The molecule has 8 nitrogen and oxygen atoms in total. The Morgan fingerprint density at radius 2 is 2.04 bits per heavy atom. The van der Waals surface area contributed by atoms with E-state index in [1.54, 1.807) is 24.0 Å². The molecule has 124 valence electrons. The highest BCUT2D eigenvalue weighted by Gasteiger charge is 2.13. The first-order valence-electron chi connectivity index (χ1n) is 7.49. The molecule has 0 bridgehead atoms. The van der Waals surface area contributed by atoms with Gasteiger partial charge in [-0.1, -0.05) is 17.2 Å². The number of aryl methyl sites for hydroxylation is 1. The summed E-state index contributed by atoms with van der Waals surface area (Å²) < 4.78 is 12.4. The Labute approximate surface area is 138 Å². The van der Waals surface area contributed by atoms with Crippen molar-refractivity contribution in [2.45, 2.75) is 13.3 Å². The highest BCUT2D eigenvalue weighted by atomic mass is 16.5. The molecule has 0 saturated heterocycles. The van der Waals surface area contributed by atoms with Crippen molar-refractivity contribution in [3.63, 3.8) is 0 Å². The third-order valence-corrected chi connectivity index (χ3v) is 3.20. The van der Waals surface area contributed by atoms with Gasteiger partial charge in [-0.3, -0.25) is 14.8 Å². The highest BCUT2D eigenvalue weighted by Crippen LogP contribution is 2.18. The fourth-order valence-electron chi connectivity index (χ4n) is 2.13. The second kappa shape index (κ2) is 6.95. The van der Waals surface area contributed by atoms with Gasteiger partial charge in [0.25, 0.3) is 5.89 Å². The summed E-state index contributed by atoms with van der Waals surface area (Å²) in [5, 5.41) is 14.4. The van der Waals surface area contributed by atoms with Crippen LogP contribution in [-0.4, -0.2) is 32.5 Å². The zero-order valence-corrected chi connectivity index (χ0v) is 13.4. The van der Waals surface area contributed by atoms with Crippen LogP contribution in [0.25, 0.3) is 11.6 Å². The van der Waals surface area contributed by atoms with E-state index < -0.39 is 0 Å². The van der Waals surface area contributed by atoms with Gasteiger partial charge in [0, 0.05) is 13.2 Å². The summed E-state index contributed by atoms with van der Waals surface area (Å²) in [4.78, 5) is 12.1. The number of rotatable bonds is 6. The minimum absolute atomic E-state index is 0.0478. The van der Waals surface area contributed by atoms with Gasteiger partial charge in [-0.05, 0) is 30.7 Å². The molecule has 0 spiro atoms. The average Bonchev–Trinajstić information content (AvgIpc) is 3.18. The number of ether oxygens (including phenoxy) is 1. The third kappa shape index (κ3) is 3.78. The number of nitrogens with zero attached hydrogens (tertiary/aromatic N) is 4. The van der Waals surface area contributed by atoms with Crippen LogP contribution in [-0.2, 0) is 18.3 Å². The lowest BCUT2D eigenvalue weighted by Gasteiger charge is -2.04. The Morgan fingerprint density at radius 3 is 2.71 bits per heavy atom. The van der Waals surface area contributed by atoms with Gasteiger partial charge >= 0.3 is 6.01 Å². The first-order valence-corrected chi connectivity index (χ1v) is 7.49. The van der Waals surface area contributed by atoms with Crippen molar-refractivity contribution in [1.82, 2.24) is 20.0 Å². The molecule has 1 N–H and O–H groups in total. The summed E-state index contributed by atoms with van der Waals surface area (Å²) in [6, 6.07) is 9.15. The van der Waals surface area contributed by atoms with Crippen molar-refractivity contribution in [2.75, 3.05) is 11.9 Å². The molecule has 3 aromatic rings. The molecule has 0 atom stereocenters. The van der Waals surface area contributed by atoms with Crippen LogP contribution in [0.2, 0.25) is 0 Å². The van der Waals surface area contributed by atoms with Crippen LogP contribution in [0.15, 0.2) is 40.9 Å². The zero-order chi connectivity index (χ0) is 16.9. The summed E-state index contributed by atoms with van der Waals surface area (Å²) in [6.45, 7) is 2.53. The first-order chi connectivity index (χ1) is 11.6. The van der Waals surface area contributed by atoms with Gasteiger partial charge in [-0.15, -0.1) is 5.10 Å². The molecule has 3 rings (SSSR count). The van der Waals surface area contributed by atoms with Gasteiger partial charge in [0.1, 0.15) is 11.4 Å². The Morgan fingerprint density at radius 1 is 1.25 bits per heavy atom. The number of nitrogens with one attached hydrogen (secondary N) is 1. The van der Waals surface area contributed by atoms with E-state index >= 15 is 0 Å². The van der Waals surface area contributed by atoms with Crippen LogP contribution in [0, 0.1) is 0 Å². The van der Waals surface area contributed by atoms with Gasteiger partial charge in [0.2, 0.25) is 5.91 Å². The Kier molecular flexibility index (Phi) is 4.55. The molecule has 2 aromatic heterocycles. The third-order valence-electron chi connectivity index (χ3n) is 3.20. The van der Waals surface area contributed by atoms with Gasteiger partial charge in [-0.2, -0.15) is 5.10 Å². The molecule has 0 aliphatic heterocycles. The number of carbonyl (C=O) groups is 1. The average molecular weight is 327 g/mol. The highest BCUT2D eigenvalue weighted by molar-refractivity contribution is 5.90. The maximum Gasteiger partial charge on any atom is 0.322 e. The Bertz CT molecular complexity index is 822. The second-order valence-corrected chi connectivity index (χ2v) is 5.09. The fourth-order valence-corrected chi connectivity index (χ4v) is 2.13. The molecular weight excluding hydrogens is 310 g/mol. The lowest BCUT2D eigenvalue weighted by molar-refractivity contribution is -0.115. The van der Waals surface area contributed by atoms with E-state index in [9.17, 15) is 4.79 Å². The molecule has 8 heteroatoms. The van der Waals surface area contributed by atoms with Crippen molar-refractivity contribution in [2.24, 2.45) is 7.05 Å². The fraction of sp³-hybridized carbons (Fsp3) is 0.250. The minimum atomic E-state index is -0.240. The number of aromatic nitrogens is 4. The number of hydrogen-bond acceptors (Lipinski definition) is 6. The predicted octanol–water partition coefficient (Wildman–Crippen LogP) is 2.05. The molecule has 24 heavy (non-hydrogen) atoms. The zero-order valence-electron chi connectivity index (χ0n) is 13.4. The monoisotopic (exact) mass is 327 g/mol. The van der Waals surface area contributed by atoms with Gasteiger partial charge in [-0.25, -0.2) is 0 Å². The summed E-state index contributed by atoms with van der Waals surface area (Å²) in [7, 11) is 1.79. The van der Waals surface area contributed by atoms with Crippen LogP contribution < -0.4 is 10.1 Å². The standard InChI is InChI=1S/C16H17N5O3/c1-3-23-12-6-4-11(5-7-12)10-14(22)17-16-19-18-15(24-16)13-8-9-21(2)20-13/h4-9H,3,10H2,1-2H3,(H,17,19,22). The number of hydrogen-bond donors (Lipinski definition) is 1. The summed E-state index contributed by atoms with van der Waals surface area (Å²) in [6.07, 6.45) is 1.97. The van der Waals surface area contributed by atoms with E-state index in [0.717, 1.165) is 11.3 Å². The number of amides is 1. The van der Waals surface area contributed by atoms with E-state index in [-0.39, 0.29) is 24.2 Å². The summed E-state index contributed by atoms with van der Waals surface area (Å²) in [5.41, 5.74) is 1.41. The van der Waals surface area contributed by atoms with E-state index in [2.05, 4.69) is 20.6 Å². The molecule has 1 amide bonds. The molecule has 0 unspecified atom stereocenters. The van der Waals surface area contributed by atoms with Crippen LogP contribution in [0.4, 0.5) is 6.01 Å². The van der Waals surface area contributed by atoms with E-state index in [1.807, 2.05) is 31.2 Å². The first kappa shape index (κ1) is 15.7. The summed E-state index contributed by atoms with van der Waals surface area (Å²) in [5.74, 6) is 0.793. The number of anilines is 1. The smallest absolute Gasteiger partial charge is 0.322 e. The maximum absolute atomic E-state index is 12.1. The van der Waals surface area contributed by atoms with E-state index in [4.69, 9.17) is 9.15 Å². The molecule has 0 radical (unpaired) electrons.